The predicted molar refractivity (Wildman–Crippen MR) is 73.2 cm³/mol. The van der Waals surface area contributed by atoms with Crippen LogP contribution in [0, 0.1) is 0 Å². The molecule has 19 heavy (non-hydrogen) atoms. The van der Waals surface area contributed by atoms with Gasteiger partial charge >= 0.3 is 0 Å². The molecule has 1 heterocycles. The molecule has 1 amide bonds. The molecule has 0 fully saturated rings. The molecule has 0 aromatic heterocycles. The summed E-state index contributed by atoms with van der Waals surface area (Å²) in [5, 5.41) is 3.93. The summed E-state index contributed by atoms with van der Waals surface area (Å²) in [7, 11) is 0. The van der Waals surface area contributed by atoms with E-state index in [2.05, 4.69) is 5.32 Å². The van der Waals surface area contributed by atoms with Crippen molar-refractivity contribution in [2.24, 2.45) is 0 Å². The van der Waals surface area contributed by atoms with Gasteiger partial charge in [0.05, 0.1) is 0 Å². The van der Waals surface area contributed by atoms with Crippen molar-refractivity contribution in [3.8, 4) is 0 Å². The van der Waals surface area contributed by atoms with Crippen LogP contribution in [-0.2, 0) is 20.7 Å². The lowest BCUT2D eigenvalue weighted by Crippen LogP contribution is -2.30. The van der Waals surface area contributed by atoms with Gasteiger partial charge in [0.2, 0.25) is 5.76 Å². The molecule has 6 heteroatoms. The average Bonchev–Trinajstić information content (AvgIpc) is 2.42. The molecule has 0 bridgehead atoms. The minimum atomic E-state index is -0.287. The summed E-state index contributed by atoms with van der Waals surface area (Å²) in [6, 6.07) is 5.29. The largest absolute Gasteiger partial charge is 0.494 e. The number of hydrogen-bond donors (Lipinski definition) is 1. The van der Waals surface area contributed by atoms with Gasteiger partial charge in [-0.2, -0.15) is 0 Å². The Balaban J connectivity index is 1.83. The van der Waals surface area contributed by atoms with E-state index in [1.54, 1.807) is 12.1 Å². The number of benzene rings is 1. The summed E-state index contributed by atoms with van der Waals surface area (Å²) in [6.45, 7) is 1.32. The third-order valence-electron chi connectivity index (χ3n) is 2.57. The van der Waals surface area contributed by atoms with Crippen molar-refractivity contribution in [2.45, 2.75) is 6.42 Å². The van der Waals surface area contributed by atoms with Gasteiger partial charge in [0, 0.05) is 16.6 Å². The van der Waals surface area contributed by atoms with Crippen LogP contribution >= 0.6 is 23.2 Å². The number of amides is 1. The van der Waals surface area contributed by atoms with E-state index in [0.29, 0.717) is 36.2 Å². The van der Waals surface area contributed by atoms with E-state index in [4.69, 9.17) is 32.7 Å². The molecule has 0 atom stereocenters. The molecule has 1 N–H and O–H groups in total. The van der Waals surface area contributed by atoms with Crippen LogP contribution in [0.15, 0.2) is 30.2 Å². The monoisotopic (exact) mass is 301 g/mol. The van der Waals surface area contributed by atoms with Crippen molar-refractivity contribution in [2.75, 3.05) is 19.8 Å². The van der Waals surface area contributed by atoms with Gasteiger partial charge in [-0.3, -0.25) is 4.79 Å². The van der Waals surface area contributed by atoms with Crippen LogP contribution in [0.3, 0.4) is 0 Å². The topological polar surface area (TPSA) is 47.6 Å². The Bertz CT molecular complexity index is 503. The first-order valence-electron chi connectivity index (χ1n) is 5.83. The Morgan fingerprint density at radius 2 is 2.16 bits per heavy atom. The third kappa shape index (κ3) is 4.04. The lowest BCUT2D eigenvalue weighted by atomic mass is 10.1. The van der Waals surface area contributed by atoms with Crippen molar-refractivity contribution >= 4 is 29.1 Å². The van der Waals surface area contributed by atoms with Crippen LogP contribution in [0.2, 0.25) is 10.0 Å². The molecular weight excluding hydrogens is 289 g/mol. The first-order chi connectivity index (χ1) is 9.16. The smallest absolute Gasteiger partial charge is 0.289 e. The fourth-order valence-electron chi connectivity index (χ4n) is 1.61. The van der Waals surface area contributed by atoms with Gasteiger partial charge in [-0.05, 0) is 24.1 Å². The Labute approximate surface area is 121 Å². The third-order valence-corrected chi connectivity index (χ3v) is 3.15. The molecule has 0 aliphatic carbocycles. The molecule has 102 valence electrons. The second-order valence-corrected chi connectivity index (χ2v) is 4.79. The van der Waals surface area contributed by atoms with Gasteiger partial charge in [0.25, 0.3) is 5.91 Å². The quantitative estimate of drug-likeness (QED) is 0.930. The highest BCUT2D eigenvalue weighted by atomic mass is 35.5. The highest BCUT2D eigenvalue weighted by molar-refractivity contribution is 6.35. The maximum atomic E-state index is 11.7. The number of carbonyl (C=O) groups excluding carboxylic acids is 1. The number of ether oxygens (including phenoxy) is 2. The standard InChI is InChI=1S/C13H13Cl2NO3/c14-10-2-1-9(11(15)7-10)3-4-16-13(17)12-8-18-5-6-19-12/h1-2,7-8H,3-6H2,(H,16,17). The number of rotatable bonds is 4. The van der Waals surface area contributed by atoms with Crippen molar-refractivity contribution in [1.29, 1.82) is 0 Å². The van der Waals surface area contributed by atoms with Crippen molar-refractivity contribution in [3.05, 3.63) is 45.8 Å². The molecule has 1 aliphatic heterocycles. The van der Waals surface area contributed by atoms with Crippen molar-refractivity contribution in [3.63, 3.8) is 0 Å². The first kappa shape index (κ1) is 14.0. The van der Waals surface area contributed by atoms with Gasteiger partial charge in [-0.25, -0.2) is 0 Å². The van der Waals surface area contributed by atoms with Crippen LogP contribution in [0.5, 0.6) is 0 Å². The molecule has 2 rings (SSSR count). The maximum Gasteiger partial charge on any atom is 0.289 e. The van der Waals surface area contributed by atoms with Crippen LogP contribution in [0.25, 0.3) is 0 Å². The first-order valence-corrected chi connectivity index (χ1v) is 6.59. The summed E-state index contributed by atoms with van der Waals surface area (Å²) in [6.07, 6.45) is 1.95. The minimum absolute atomic E-state index is 0.202. The Hall–Kier alpha value is -1.39. The summed E-state index contributed by atoms with van der Waals surface area (Å²) < 4.78 is 10.2. The number of nitrogens with one attached hydrogen (secondary N) is 1. The van der Waals surface area contributed by atoms with E-state index in [9.17, 15) is 4.79 Å². The Morgan fingerprint density at radius 1 is 1.32 bits per heavy atom. The van der Waals surface area contributed by atoms with Gasteiger partial charge in [0.15, 0.2) is 0 Å². The summed E-state index contributed by atoms with van der Waals surface area (Å²) >= 11 is 11.9. The second-order valence-electron chi connectivity index (χ2n) is 3.94. The molecule has 0 spiro atoms. The van der Waals surface area contributed by atoms with E-state index >= 15 is 0 Å². The zero-order valence-electron chi connectivity index (χ0n) is 10.1. The van der Waals surface area contributed by atoms with Crippen LogP contribution in [-0.4, -0.2) is 25.7 Å². The average molecular weight is 302 g/mol. The van der Waals surface area contributed by atoms with E-state index in [1.165, 1.54) is 6.26 Å². The highest BCUT2D eigenvalue weighted by Gasteiger charge is 2.14. The van der Waals surface area contributed by atoms with Gasteiger partial charge in [-0.1, -0.05) is 29.3 Å². The molecular formula is C13H13Cl2NO3. The predicted octanol–water partition coefficient (Wildman–Crippen LogP) is 2.54. The van der Waals surface area contributed by atoms with Crippen LogP contribution in [0.4, 0.5) is 0 Å². The number of hydrogen-bond acceptors (Lipinski definition) is 3. The van der Waals surface area contributed by atoms with Gasteiger partial charge in [-0.15, -0.1) is 0 Å². The molecule has 4 nitrogen and oxygen atoms in total. The second kappa shape index (κ2) is 6.68. The summed E-state index contributed by atoms with van der Waals surface area (Å²) in [4.78, 5) is 11.7. The van der Waals surface area contributed by atoms with E-state index in [-0.39, 0.29) is 11.7 Å². The van der Waals surface area contributed by atoms with Gasteiger partial charge in [0.1, 0.15) is 19.5 Å². The molecule has 0 saturated heterocycles. The molecule has 1 aromatic rings. The summed E-state index contributed by atoms with van der Waals surface area (Å²) in [5.74, 6) is -0.0850. The SMILES string of the molecule is O=C(NCCc1ccc(Cl)cc1Cl)C1=COCCO1. The van der Waals surface area contributed by atoms with Crippen LogP contribution in [0.1, 0.15) is 5.56 Å². The zero-order chi connectivity index (χ0) is 13.7. The van der Waals surface area contributed by atoms with Crippen molar-refractivity contribution < 1.29 is 14.3 Å². The van der Waals surface area contributed by atoms with E-state index in [0.717, 1.165) is 5.56 Å². The molecule has 0 saturated carbocycles. The number of halogens is 2. The number of carbonyl (C=O) groups is 1. The van der Waals surface area contributed by atoms with E-state index < -0.39 is 0 Å². The Morgan fingerprint density at radius 3 is 2.84 bits per heavy atom. The fraction of sp³-hybridized carbons (Fsp3) is 0.308. The lowest BCUT2D eigenvalue weighted by molar-refractivity contribution is -0.122. The highest BCUT2D eigenvalue weighted by Crippen LogP contribution is 2.21. The normalized spacial score (nSPS) is 14.1. The molecule has 0 unspecified atom stereocenters. The molecule has 0 radical (unpaired) electrons. The Kier molecular flexibility index (Phi) is 4.93. The summed E-state index contributed by atoms with van der Waals surface area (Å²) in [5.41, 5.74) is 0.932. The van der Waals surface area contributed by atoms with Crippen LogP contribution < -0.4 is 5.32 Å². The fourth-order valence-corrected chi connectivity index (χ4v) is 2.11. The minimum Gasteiger partial charge on any atom is -0.494 e. The molecule has 1 aliphatic rings. The van der Waals surface area contributed by atoms with E-state index in [1.807, 2.05) is 6.07 Å². The molecule has 1 aromatic carbocycles. The maximum absolute atomic E-state index is 11.7. The zero-order valence-corrected chi connectivity index (χ0v) is 11.6. The van der Waals surface area contributed by atoms with Crippen molar-refractivity contribution in [1.82, 2.24) is 5.32 Å². The lowest BCUT2D eigenvalue weighted by Gasteiger charge is -2.15. The van der Waals surface area contributed by atoms with Gasteiger partial charge < -0.3 is 14.8 Å².